The molecular weight excluding hydrogens is 264 g/mol. The highest BCUT2D eigenvalue weighted by Gasteiger charge is 2.21. The number of nitrogens with zero attached hydrogens (tertiary/aromatic N) is 2. The van der Waals surface area contributed by atoms with E-state index in [1.165, 1.54) is 0 Å². The summed E-state index contributed by atoms with van der Waals surface area (Å²) in [4.78, 5) is 4.60. The fraction of sp³-hybridized carbons (Fsp3) is 0.294. The molecule has 2 aromatic rings. The van der Waals surface area contributed by atoms with Gasteiger partial charge in [-0.15, -0.1) is 0 Å². The van der Waals surface area contributed by atoms with Crippen LogP contribution < -0.4 is 0 Å². The van der Waals surface area contributed by atoms with Crippen LogP contribution in [-0.2, 0) is 13.1 Å². The van der Waals surface area contributed by atoms with Crippen molar-refractivity contribution in [2.24, 2.45) is 0 Å². The van der Waals surface area contributed by atoms with Crippen molar-refractivity contribution in [1.82, 2.24) is 9.80 Å². The molecule has 0 saturated carbocycles. The molecule has 0 atom stereocenters. The largest absolute Gasteiger partial charge is 0.508 e. The third-order valence-electron chi connectivity index (χ3n) is 3.90. The Bertz CT molecular complexity index is 562. The first-order valence-electron chi connectivity index (χ1n) is 7.21. The van der Waals surface area contributed by atoms with Crippen LogP contribution in [0.1, 0.15) is 11.1 Å². The first-order chi connectivity index (χ1) is 10.2. The molecule has 1 aliphatic heterocycles. The Morgan fingerprint density at radius 3 is 1.57 bits per heavy atom. The van der Waals surface area contributed by atoms with Crippen molar-refractivity contribution in [2.75, 3.05) is 19.8 Å². The van der Waals surface area contributed by atoms with Crippen LogP contribution >= 0.6 is 0 Å². The Kier molecular flexibility index (Phi) is 4.08. The molecule has 110 valence electrons. The van der Waals surface area contributed by atoms with Gasteiger partial charge in [0.2, 0.25) is 0 Å². The lowest BCUT2D eigenvalue weighted by Crippen LogP contribution is -2.25. The molecule has 0 aromatic heterocycles. The van der Waals surface area contributed by atoms with E-state index in [0.29, 0.717) is 11.5 Å². The van der Waals surface area contributed by atoms with Crippen LogP contribution in [-0.4, -0.2) is 39.8 Å². The Hall–Kier alpha value is -2.04. The maximum absolute atomic E-state index is 9.84. The zero-order chi connectivity index (χ0) is 14.7. The quantitative estimate of drug-likeness (QED) is 0.905. The molecule has 0 unspecified atom stereocenters. The Morgan fingerprint density at radius 2 is 1.14 bits per heavy atom. The minimum Gasteiger partial charge on any atom is -0.508 e. The van der Waals surface area contributed by atoms with Gasteiger partial charge in [-0.3, -0.25) is 9.80 Å². The summed E-state index contributed by atoms with van der Waals surface area (Å²) in [5.74, 6) is 0.716. The summed E-state index contributed by atoms with van der Waals surface area (Å²) in [6.45, 7) is 4.31. The number of hydrogen-bond acceptors (Lipinski definition) is 4. The van der Waals surface area contributed by atoms with Gasteiger partial charge >= 0.3 is 0 Å². The second-order valence-electron chi connectivity index (χ2n) is 5.50. The SMILES string of the molecule is Oc1ccccc1CN1CCN(Cc2ccccc2O)C1. The average Bonchev–Trinajstić information content (AvgIpc) is 2.91. The van der Waals surface area contributed by atoms with Crippen LogP contribution in [0.4, 0.5) is 0 Å². The lowest BCUT2D eigenvalue weighted by atomic mass is 10.2. The first kappa shape index (κ1) is 13.9. The van der Waals surface area contributed by atoms with E-state index in [1.807, 2.05) is 36.4 Å². The number of phenolic OH excluding ortho intramolecular Hbond substituents is 2. The Labute approximate surface area is 124 Å². The van der Waals surface area contributed by atoms with Crippen molar-refractivity contribution in [3.63, 3.8) is 0 Å². The topological polar surface area (TPSA) is 46.9 Å². The number of benzene rings is 2. The molecule has 3 rings (SSSR count). The number of hydrogen-bond donors (Lipinski definition) is 2. The Balaban J connectivity index is 1.59. The van der Waals surface area contributed by atoms with E-state index in [2.05, 4.69) is 9.80 Å². The van der Waals surface area contributed by atoms with Gasteiger partial charge in [0.05, 0.1) is 6.67 Å². The van der Waals surface area contributed by atoms with Crippen LogP contribution in [0.15, 0.2) is 48.5 Å². The third kappa shape index (κ3) is 3.35. The summed E-state index contributed by atoms with van der Waals surface area (Å²) in [6.07, 6.45) is 0. The van der Waals surface area contributed by atoms with Crippen molar-refractivity contribution in [3.8, 4) is 11.5 Å². The van der Waals surface area contributed by atoms with Crippen molar-refractivity contribution >= 4 is 0 Å². The zero-order valence-corrected chi connectivity index (χ0v) is 11.9. The lowest BCUT2D eigenvalue weighted by Gasteiger charge is -2.19. The third-order valence-corrected chi connectivity index (χ3v) is 3.90. The molecule has 2 aromatic carbocycles. The van der Waals surface area contributed by atoms with Gasteiger partial charge in [0, 0.05) is 37.3 Å². The first-order valence-corrected chi connectivity index (χ1v) is 7.21. The van der Waals surface area contributed by atoms with E-state index in [9.17, 15) is 10.2 Å². The smallest absolute Gasteiger partial charge is 0.120 e. The van der Waals surface area contributed by atoms with E-state index in [1.54, 1.807) is 12.1 Å². The fourth-order valence-corrected chi connectivity index (χ4v) is 2.74. The van der Waals surface area contributed by atoms with Gasteiger partial charge in [-0.2, -0.15) is 0 Å². The summed E-state index contributed by atoms with van der Waals surface area (Å²) >= 11 is 0. The van der Waals surface area contributed by atoms with Gasteiger partial charge < -0.3 is 10.2 Å². The molecule has 2 N–H and O–H groups in total. The van der Waals surface area contributed by atoms with Gasteiger partial charge in [0.1, 0.15) is 11.5 Å². The zero-order valence-electron chi connectivity index (χ0n) is 11.9. The van der Waals surface area contributed by atoms with Gasteiger partial charge in [0.15, 0.2) is 0 Å². The summed E-state index contributed by atoms with van der Waals surface area (Å²) in [5, 5.41) is 19.7. The molecule has 21 heavy (non-hydrogen) atoms. The molecule has 0 spiro atoms. The average molecular weight is 284 g/mol. The predicted molar refractivity (Wildman–Crippen MR) is 81.9 cm³/mol. The summed E-state index contributed by atoms with van der Waals surface area (Å²) < 4.78 is 0. The van der Waals surface area contributed by atoms with E-state index >= 15 is 0 Å². The standard InChI is InChI=1S/C17H20N2O2/c20-16-7-3-1-5-14(16)11-18-9-10-19(13-18)12-15-6-2-4-8-17(15)21/h1-8,20-21H,9-13H2. The molecular formula is C17H20N2O2. The highest BCUT2D eigenvalue weighted by atomic mass is 16.3. The molecule has 1 fully saturated rings. The molecule has 1 heterocycles. The van der Waals surface area contributed by atoms with Crippen LogP contribution in [0.5, 0.6) is 11.5 Å². The molecule has 4 heteroatoms. The van der Waals surface area contributed by atoms with Crippen molar-refractivity contribution < 1.29 is 10.2 Å². The summed E-state index contributed by atoms with van der Waals surface area (Å²) in [7, 11) is 0. The monoisotopic (exact) mass is 284 g/mol. The number of para-hydroxylation sites is 2. The molecule has 0 aliphatic carbocycles. The van der Waals surface area contributed by atoms with Crippen LogP contribution in [0.25, 0.3) is 0 Å². The van der Waals surface area contributed by atoms with Gasteiger partial charge in [-0.25, -0.2) is 0 Å². The van der Waals surface area contributed by atoms with Gasteiger partial charge in [-0.1, -0.05) is 36.4 Å². The van der Waals surface area contributed by atoms with Crippen LogP contribution in [0, 0.1) is 0 Å². The minimum absolute atomic E-state index is 0.358. The predicted octanol–water partition coefficient (Wildman–Crippen LogP) is 2.37. The van der Waals surface area contributed by atoms with Gasteiger partial charge in [0.25, 0.3) is 0 Å². The van der Waals surface area contributed by atoms with E-state index in [-0.39, 0.29) is 0 Å². The van der Waals surface area contributed by atoms with Crippen molar-refractivity contribution in [2.45, 2.75) is 13.1 Å². The molecule has 0 radical (unpaired) electrons. The molecule has 1 saturated heterocycles. The van der Waals surface area contributed by atoms with Crippen molar-refractivity contribution in [1.29, 1.82) is 0 Å². The highest BCUT2D eigenvalue weighted by Crippen LogP contribution is 2.22. The number of rotatable bonds is 4. The van der Waals surface area contributed by atoms with Crippen LogP contribution in [0.2, 0.25) is 0 Å². The molecule has 4 nitrogen and oxygen atoms in total. The lowest BCUT2D eigenvalue weighted by molar-refractivity contribution is 0.231. The second kappa shape index (κ2) is 6.16. The molecule has 1 aliphatic rings. The summed E-state index contributed by atoms with van der Waals surface area (Å²) in [6, 6.07) is 15.0. The number of phenols is 2. The van der Waals surface area contributed by atoms with E-state index in [0.717, 1.165) is 44.0 Å². The van der Waals surface area contributed by atoms with Crippen LogP contribution in [0.3, 0.4) is 0 Å². The maximum atomic E-state index is 9.84. The normalized spacial score (nSPS) is 16.4. The Morgan fingerprint density at radius 1 is 0.714 bits per heavy atom. The molecule has 0 amide bonds. The van der Waals surface area contributed by atoms with Gasteiger partial charge in [-0.05, 0) is 12.1 Å². The maximum Gasteiger partial charge on any atom is 0.120 e. The minimum atomic E-state index is 0.358. The van der Waals surface area contributed by atoms with Crippen molar-refractivity contribution in [3.05, 3.63) is 59.7 Å². The van der Waals surface area contributed by atoms with E-state index < -0.39 is 0 Å². The fourth-order valence-electron chi connectivity index (χ4n) is 2.74. The number of aromatic hydroxyl groups is 2. The van der Waals surface area contributed by atoms with E-state index in [4.69, 9.17) is 0 Å². The molecule has 0 bridgehead atoms. The summed E-state index contributed by atoms with van der Waals surface area (Å²) in [5.41, 5.74) is 1.92. The highest BCUT2D eigenvalue weighted by molar-refractivity contribution is 5.32. The second-order valence-corrected chi connectivity index (χ2v) is 5.50.